The van der Waals surface area contributed by atoms with Crippen LogP contribution < -0.4 is 5.73 Å². The summed E-state index contributed by atoms with van der Waals surface area (Å²) < 4.78 is 0. The van der Waals surface area contributed by atoms with Gasteiger partial charge in [0.2, 0.25) is 0 Å². The summed E-state index contributed by atoms with van der Waals surface area (Å²) in [5, 5.41) is 8.66. The van der Waals surface area contributed by atoms with Gasteiger partial charge in [-0.15, -0.1) is 0 Å². The second-order valence-corrected chi connectivity index (χ2v) is 3.62. The molecule has 0 spiro atoms. The Balaban J connectivity index is 2.00. The lowest BCUT2D eigenvalue weighted by atomic mass is 10.1. The lowest BCUT2D eigenvalue weighted by Crippen LogP contribution is -2.54. The first kappa shape index (κ1) is 9.13. The van der Waals surface area contributed by atoms with Crippen LogP contribution in [0.5, 0.6) is 0 Å². The van der Waals surface area contributed by atoms with Crippen LogP contribution in [-0.2, 0) is 6.54 Å². The molecular weight excluding hydrogens is 176 g/mol. The molecule has 4 heteroatoms. The first-order chi connectivity index (χ1) is 6.78. The van der Waals surface area contributed by atoms with Crippen LogP contribution in [0.4, 0.5) is 0 Å². The largest absolute Gasteiger partial charge is 0.325 e. The second kappa shape index (κ2) is 3.74. The van der Waals surface area contributed by atoms with Crippen LogP contribution in [0.15, 0.2) is 18.3 Å². The van der Waals surface area contributed by atoms with Gasteiger partial charge in [-0.25, -0.2) is 4.98 Å². The first-order valence-corrected chi connectivity index (χ1v) is 4.61. The Kier molecular flexibility index (Phi) is 2.44. The van der Waals surface area contributed by atoms with Gasteiger partial charge in [0.25, 0.3) is 0 Å². The maximum absolute atomic E-state index is 8.66. The molecule has 1 aliphatic heterocycles. The molecule has 1 aromatic rings. The molecule has 14 heavy (non-hydrogen) atoms. The van der Waals surface area contributed by atoms with E-state index in [1.807, 2.05) is 18.2 Å². The van der Waals surface area contributed by atoms with Crippen molar-refractivity contribution in [1.29, 1.82) is 5.26 Å². The third kappa shape index (κ3) is 1.90. The molecular formula is C10H12N4. The van der Waals surface area contributed by atoms with E-state index in [-0.39, 0.29) is 0 Å². The van der Waals surface area contributed by atoms with Crippen molar-refractivity contribution in [1.82, 2.24) is 9.88 Å². The van der Waals surface area contributed by atoms with Crippen molar-refractivity contribution in [2.45, 2.75) is 12.6 Å². The normalized spacial score (nSPS) is 17.4. The van der Waals surface area contributed by atoms with E-state index in [1.54, 1.807) is 6.20 Å². The molecule has 2 rings (SSSR count). The van der Waals surface area contributed by atoms with E-state index < -0.39 is 0 Å². The van der Waals surface area contributed by atoms with Crippen molar-refractivity contribution in [3.63, 3.8) is 0 Å². The number of hydrogen-bond donors (Lipinski definition) is 1. The average molecular weight is 188 g/mol. The summed E-state index contributed by atoms with van der Waals surface area (Å²) in [5.74, 6) is 0. The van der Waals surface area contributed by atoms with Crippen LogP contribution in [0, 0.1) is 11.3 Å². The standard InChI is InChI=1S/C10H12N4/c11-4-10-3-8(1-2-13-10)5-14-6-9(12)7-14/h1-3,9H,5-7,12H2. The molecule has 72 valence electrons. The Labute approximate surface area is 83.0 Å². The molecule has 4 nitrogen and oxygen atoms in total. The van der Waals surface area contributed by atoms with Crippen molar-refractivity contribution < 1.29 is 0 Å². The highest BCUT2D eigenvalue weighted by atomic mass is 15.2. The van der Waals surface area contributed by atoms with Gasteiger partial charge in [0.05, 0.1) is 0 Å². The van der Waals surface area contributed by atoms with Crippen LogP contribution in [0.2, 0.25) is 0 Å². The predicted molar refractivity (Wildman–Crippen MR) is 52.2 cm³/mol. The van der Waals surface area contributed by atoms with Gasteiger partial charge in [-0.3, -0.25) is 4.90 Å². The van der Waals surface area contributed by atoms with Crippen molar-refractivity contribution >= 4 is 0 Å². The lowest BCUT2D eigenvalue weighted by Gasteiger charge is -2.36. The molecule has 2 N–H and O–H groups in total. The molecule has 2 heterocycles. The van der Waals surface area contributed by atoms with E-state index in [2.05, 4.69) is 9.88 Å². The average Bonchev–Trinajstić information content (AvgIpc) is 2.16. The monoisotopic (exact) mass is 188 g/mol. The molecule has 0 saturated carbocycles. The predicted octanol–water partition coefficient (Wildman–Crippen LogP) is 0.0962. The number of nitrogens with zero attached hydrogens (tertiary/aromatic N) is 3. The highest BCUT2D eigenvalue weighted by Gasteiger charge is 2.22. The quantitative estimate of drug-likeness (QED) is 0.714. The van der Waals surface area contributed by atoms with Crippen molar-refractivity contribution in [2.24, 2.45) is 5.73 Å². The highest BCUT2D eigenvalue weighted by molar-refractivity contribution is 5.25. The third-order valence-corrected chi connectivity index (χ3v) is 2.33. The van der Waals surface area contributed by atoms with Crippen molar-refractivity contribution in [3.8, 4) is 6.07 Å². The minimum atomic E-state index is 0.326. The summed E-state index contributed by atoms with van der Waals surface area (Å²) in [4.78, 5) is 6.17. The fourth-order valence-electron chi connectivity index (χ4n) is 1.63. The summed E-state index contributed by atoms with van der Waals surface area (Å²) in [7, 11) is 0. The van der Waals surface area contributed by atoms with Gasteiger partial charge in [0, 0.05) is 31.9 Å². The van der Waals surface area contributed by atoms with E-state index >= 15 is 0 Å². The second-order valence-electron chi connectivity index (χ2n) is 3.62. The Hall–Kier alpha value is -1.44. The fourth-order valence-corrected chi connectivity index (χ4v) is 1.63. The molecule has 1 aromatic heterocycles. The Morgan fingerprint density at radius 2 is 2.43 bits per heavy atom. The number of nitrogens with two attached hydrogens (primary N) is 1. The number of likely N-dealkylation sites (tertiary alicyclic amines) is 1. The van der Waals surface area contributed by atoms with Crippen LogP contribution in [0.3, 0.4) is 0 Å². The topological polar surface area (TPSA) is 65.9 Å². The van der Waals surface area contributed by atoms with E-state index in [1.165, 1.54) is 0 Å². The zero-order valence-corrected chi connectivity index (χ0v) is 7.85. The fraction of sp³-hybridized carbons (Fsp3) is 0.400. The zero-order chi connectivity index (χ0) is 9.97. The molecule has 0 bridgehead atoms. The summed E-state index contributed by atoms with van der Waals surface area (Å²) in [5.41, 5.74) is 7.28. The van der Waals surface area contributed by atoms with Gasteiger partial charge < -0.3 is 5.73 Å². The smallest absolute Gasteiger partial charge is 0.140 e. The zero-order valence-electron chi connectivity index (χ0n) is 7.85. The number of pyridine rings is 1. The molecule has 1 saturated heterocycles. The molecule has 0 aromatic carbocycles. The maximum atomic E-state index is 8.66. The maximum Gasteiger partial charge on any atom is 0.140 e. The van der Waals surface area contributed by atoms with Crippen LogP contribution in [-0.4, -0.2) is 29.0 Å². The van der Waals surface area contributed by atoms with Gasteiger partial charge in [-0.1, -0.05) is 0 Å². The van der Waals surface area contributed by atoms with Crippen molar-refractivity contribution in [2.75, 3.05) is 13.1 Å². The number of aromatic nitrogens is 1. The molecule has 1 aliphatic rings. The number of nitriles is 1. The number of rotatable bonds is 2. The Morgan fingerprint density at radius 3 is 3.07 bits per heavy atom. The van der Waals surface area contributed by atoms with Gasteiger partial charge >= 0.3 is 0 Å². The van der Waals surface area contributed by atoms with Gasteiger partial charge in [-0.05, 0) is 17.7 Å². The summed E-state index contributed by atoms with van der Waals surface area (Å²) in [6.45, 7) is 2.76. The van der Waals surface area contributed by atoms with E-state index in [9.17, 15) is 0 Å². The third-order valence-electron chi connectivity index (χ3n) is 2.33. The SMILES string of the molecule is N#Cc1cc(CN2CC(N)C2)ccn1. The lowest BCUT2D eigenvalue weighted by molar-refractivity contribution is 0.142. The Bertz CT molecular complexity index is 363. The molecule has 0 unspecified atom stereocenters. The van der Waals surface area contributed by atoms with E-state index in [4.69, 9.17) is 11.0 Å². The van der Waals surface area contributed by atoms with Gasteiger partial charge in [-0.2, -0.15) is 5.26 Å². The van der Waals surface area contributed by atoms with E-state index in [0.717, 1.165) is 25.2 Å². The molecule has 0 aliphatic carbocycles. The van der Waals surface area contributed by atoms with Gasteiger partial charge in [0.1, 0.15) is 11.8 Å². The minimum Gasteiger partial charge on any atom is -0.325 e. The van der Waals surface area contributed by atoms with E-state index in [0.29, 0.717) is 11.7 Å². The summed E-state index contributed by atoms with van der Waals surface area (Å²) in [6.07, 6.45) is 1.67. The van der Waals surface area contributed by atoms with Crippen LogP contribution in [0.25, 0.3) is 0 Å². The molecule has 0 amide bonds. The molecule has 0 atom stereocenters. The van der Waals surface area contributed by atoms with Crippen LogP contribution >= 0.6 is 0 Å². The minimum absolute atomic E-state index is 0.326. The van der Waals surface area contributed by atoms with Crippen molar-refractivity contribution in [3.05, 3.63) is 29.6 Å². The Morgan fingerprint density at radius 1 is 1.64 bits per heavy atom. The molecule has 0 radical (unpaired) electrons. The van der Waals surface area contributed by atoms with Crippen LogP contribution in [0.1, 0.15) is 11.3 Å². The molecule has 1 fully saturated rings. The first-order valence-electron chi connectivity index (χ1n) is 4.61. The highest BCUT2D eigenvalue weighted by Crippen LogP contribution is 2.11. The van der Waals surface area contributed by atoms with Gasteiger partial charge in [0.15, 0.2) is 0 Å². The number of hydrogen-bond acceptors (Lipinski definition) is 4. The summed E-state index contributed by atoms with van der Waals surface area (Å²) in [6, 6.07) is 6.12. The summed E-state index contributed by atoms with van der Waals surface area (Å²) >= 11 is 0.